The number of carbonyl (C=O) groups is 3. The molecule has 1 saturated heterocycles. The topological polar surface area (TPSA) is 132 Å². The van der Waals surface area contributed by atoms with E-state index in [9.17, 15) is 19.5 Å². The molecule has 0 radical (unpaired) electrons. The van der Waals surface area contributed by atoms with Crippen molar-refractivity contribution >= 4 is 29.5 Å². The molecular formula is C11H12N4O6. The van der Waals surface area contributed by atoms with E-state index in [2.05, 4.69) is 9.98 Å². The minimum absolute atomic E-state index is 0.0248. The summed E-state index contributed by atoms with van der Waals surface area (Å²) in [5.74, 6) is -0.901. The molecule has 5 amide bonds. The molecule has 112 valence electrons. The van der Waals surface area contributed by atoms with Crippen LogP contribution in [-0.2, 0) is 9.53 Å². The molecule has 3 aliphatic rings. The lowest BCUT2D eigenvalue weighted by Gasteiger charge is -2.26. The van der Waals surface area contributed by atoms with Crippen LogP contribution in [-0.4, -0.2) is 81.6 Å². The van der Waals surface area contributed by atoms with Crippen LogP contribution in [0.2, 0.25) is 0 Å². The van der Waals surface area contributed by atoms with Gasteiger partial charge in [0.1, 0.15) is 12.3 Å². The molecule has 3 atom stereocenters. The number of carbonyl (C=O) groups excluding carboxylic acids is 3. The van der Waals surface area contributed by atoms with Crippen LogP contribution >= 0.6 is 0 Å². The van der Waals surface area contributed by atoms with Gasteiger partial charge in [-0.25, -0.2) is 14.5 Å². The number of aliphatic hydroxyl groups excluding tert-OH is 2. The SMILES string of the molecule is CN1C(=O)N=C2C(=NC(=O)N2[C@H]2C[C@H](O)[C@@H](CO)O2)C1=O. The molecule has 3 aliphatic heterocycles. The Hall–Kier alpha value is -2.17. The summed E-state index contributed by atoms with van der Waals surface area (Å²) in [6, 6.07) is -1.61. The molecular weight excluding hydrogens is 284 g/mol. The molecule has 3 rings (SSSR count). The number of ether oxygens (including phenoxy) is 1. The van der Waals surface area contributed by atoms with E-state index >= 15 is 0 Å². The van der Waals surface area contributed by atoms with Gasteiger partial charge in [0.15, 0.2) is 11.5 Å². The minimum atomic E-state index is -0.963. The number of urea groups is 2. The van der Waals surface area contributed by atoms with Crippen LogP contribution in [0.5, 0.6) is 0 Å². The molecule has 0 unspecified atom stereocenters. The summed E-state index contributed by atoms with van der Waals surface area (Å²) in [6.07, 6.45) is -2.72. The highest BCUT2D eigenvalue weighted by Gasteiger charge is 2.48. The Morgan fingerprint density at radius 2 is 2.00 bits per heavy atom. The predicted octanol–water partition coefficient (Wildman–Crippen LogP) is -1.68. The summed E-state index contributed by atoms with van der Waals surface area (Å²) < 4.78 is 5.34. The molecule has 0 aromatic heterocycles. The van der Waals surface area contributed by atoms with Crippen molar-refractivity contribution in [2.45, 2.75) is 24.9 Å². The first-order chi connectivity index (χ1) is 9.93. The van der Waals surface area contributed by atoms with Gasteiger partial charge in [0, 0.05) is 13.5 Å². The number of aliphatic imine (C=N–C) groups is 2. The standard InChI is InChI=1S/C11H12N4O6/c1-14-9(18)7-8(13-10(14)19)15(11(20)12-7)6-2-4(17)5(3-16)21-6/h4-6,16-17H,2-3H2,1H3/t4-,5+,6+/m0/s1. The van der Waals surface area contributed by atoms with Gasteiger partial charge in [-0.05, 0) is 0 Å². The van der Waals surface area contributed by atoms with Crippen LogP contribution in [0.25, 0.3) is 0 Å². The maximum atomic E-state index is 11.9. The van der Waals surface area contributed by atoms with E-state index in [1.165, 1.54) is 7.05 Å². The molecule has 0 bridgehead atoms. The molecule has 0 aliphatic carbocycles. The number of hydrogen-bond donors (Lipinski definition) is 2. The maximum absolute atomic E-state index is 11.9. The lowest BCUT2D eigenvalue weighted by Crippen LogP contribution is -2.50. The Morgan fingerprint density at radius 1 is 1.29 bits per heavy atom. The van der Waals surface area contributed by atoms with Crippen molar-refractivity contribution < 1.29 is 29.3 Å². The van der Waals surface area contributed by atoms with E-state index in [0.29, 0.717) is 0 Å². The van der Waals surface area contributed by atoms with Crippen LogP contribution in [0, 0.1) is 0 Å². The molecule has 10 nitrogen and oxygen atoms in total. The number of amides is 5. The van der Waals surface area contributed by atoms with Crippen molar-refractivity contribution in [2.75, 3.05) is 13.7 Å². The fraction of sp³-hybridized carbons (Fsp3) is 0.545. The largest absolute Gasteiger partial charge is 0.394 e. The highest BCUT2D eigenvalue weighted by atomic mass is 16.5. The van der Waals surface area contributed by atoms with Gasteiger partial charge in [0.25, 0.3) is 5.91 Å². The predicted molar refractivity (Wildman–Crippen MR) is 66.6 cm³/mol. The third-order valence-electron chi connectivity index (χ3n) is 3.52. The van der Waals surface area contributed by atoms with Gasteiger partial charge in [-0.2, -0.15) is 9.98 Å². The summed E-state index contributed by atoms with van der Waals surface area (Å²) in [4.78, 5) is 44.4. The number of hydrogen-bond acceptors (Lipinski definition) is 6. The number of fused-ring (bicyclic) bond motifs is 1. The molecule has 0 aromatic carbocycles. The number of imide groups is 1. The van der Waals surface area contributed by atoms with Crippen molar-refractivity contribution in [3.63, 3.8) is 0 Å². The molecule has 10 heteroatoms. The third-order valence-corrected chi connectivity index (χ3v) is 3.52. The summed E-state index contributed by atoms with van der Waals surface area (Å²) in [5, 5.41) is 18.8. The van der Waals surface area contributed by atoms with Gasteiger partial charge in [-0.15, -0.1) is 0 Å². The minimum Gasteiger partial charge on any atom is -0.394 e. The second-order valence-corrected chi connectivity index (χ2v) is 4.81. The summed E-state index contributed by atoms with van der Waals surface area (Å²) in [6.45, 7) is -0.416. The average molecular weight is 296 g/mol. The number of amidine groups is 1. The zero-order chi connectivity index (χ0) is 15.3. The first kappa shape index (κ1) is 13.8. The normalized spacial score (nSPS) is 32.5. The highest BCUT2D eigenvalue weighted by Crippen LogP contribution is 2.27. The van der Waals surface area contributed by atoms with E-state index in [4.69, 9.17) is 9.84 Å². The fourth-order valence-corrected chi connectivity index (χ4v) is 2.36. The van der Waals surface area contributed by atoms with Gasteiger partial charge in [0.05, 0.1) is 12.7 Å². The van der Waals surface area contributed by atoms with Crippen molar-refractivity contribution in [3.05, 3.63) is 0 Å². The molecule has 1 fully saturated rings. The van der Waals surface area contributed by atoms with E-state index in [1.807, 2.05) is 0 Å². The van der Waals surface area contributed by atoms with Gasteiger partial charge in [-0.1, -0.05) is 0 Å². The van der Waals surface area contributed by atoms with Crippen molar-refractivity contribution in [1.29, 1.82) is 0 Å². The zero-order valence-corrected chi connectivity index (χ0v) is 11.0. The average Bonchev–Trinajstić information content (AvgIpc) is 2.96. The maximum Gasteiger partial charge on any atom is 0.352 e. The number of rotatable bonds is 2. The van der Waals surface area contributed by atoms with E-state index in [-0.39, 0.29) is 18.0 Å². The number of nitrogens with zero attached hydrogens (tertiary/aromatic N) is 4. The fourth-order valence-electron chi connectivity index (χ4n) is 2.36. The Labute approximate surface area is 118 Å². The third kappa shape index (κ3) is 1.95. The van der Waals surface area contributed by atoms with Crippen LogP contribution in [0.1, 0.15) is 6.42 Å². The molecule has 2 N–H and O–H groups in total. The smallest absolute Gasteiger partial charge is 0.352 e. The van der Waals surface area contributed by atoms with Crippen LogP contribution in [0.3, 0.4) is 0 Å². The van der Waals surface area contributed by atoms with Gasteiger partial charge in [0.2, 0.25) is 0 Å². The second kappa shape index (κ2) is 4.69. The van der Waals surface area contributed by atoms with Crippen LogP contribution < -0.4 is 0 Å². The Kier molecular flexibility index (Phi) is 3.08. The molecule has 0 spiro atoms. The zero-order valence-electron chi connectivity index (χ0n) is 11.0. The van der Waals surface area contributed by atoms with E-state index < -0.39 is 43.0 Å². The van der Waals surface area contributed by atoms with Gasteiger partial charge in [-0.3, -0.25) is 9.69 Å². The van der Waals surface area contributed by atoms with Crippen molar-refractivity contribution in [3.8, 4) is 0 Å². The first-order valence-corrected chi connectivity index (χ1v) is 6.21. The first-order valence-electron chi connectivity index (χ1n) is 6.21. The molecule has 0 aromatic rings. The van der Waals surface area contributed by atoms with Gasteiger partial charge < -0.3 is 14.9 Å². The van der Waals surface area contributed by atoms with Crippen LogP contribution in [0.15, 0.2) is 9.98 Å². The van der Waals surface area contributed by atoms with Crippen LogP contribution in [0.4, 0.5) is 9.59 Å². The van der Waals surface area contributed by atoms with E-state index in [1.54, 1.807) is 0 Å². The summed E-state index contributed by atoms with van der Waals surface area (Å²) in [7, 11) is 1.23. The van der Waals surface area contributed by atoms with Crippen molar-refractivity contribution in [2.24, 2.45) is 9.98 Å². The Bertz CT molecular complexity index is 600. The Morgan fingerprint density at radius 3 is 2.62 bits per heavy atom. The second-order valence-electron chi connectivity index (χ2n) is 4.81. The molecule has 3 heterocycles. The Balaban J connectivity index is 1.92. The van der Waals surface area contributed by atoms with Gasteiger partial charge >= 0.3 is 12.1 Å². The monoisotopic (exact) mass is 296 g/mol. The van der Waals surface area contributed by atoms with E-state index in [0.717, 1.165) is 9.80 Å². The molecule has 21 heavy (non-hydrogen) atoms. The summed E-state index contributed by atoms with van der Waals surface area (Å²) >= 11 is 0. The lowest BCUT2D eigenvalue weighted by molar-refractivity contribution is -0.120. The lowest BCUT2D eigenvalue weighted by atomic mass is 10.2. The highest BCUT2D eigenvalue weighted by molar-refractivity contribution is 6.72. The molecule has 0 saturated carbocycles. The summed E-state index contributed by atoms with van der Waals surface area (Å²) in [5.41, 5.74) is -0.229. The quantitative estimate of drug-likeness (QED) is 0.625. The number of aliphatic hydroxyl groups is 2. The van der Waals surface area contributed by atoms with Crippen molar-refractivity contribution in [1.82, 2.24) is 9.80 Å².